The third kappa shape index (κ3) is 3.03. The van der Waals surface area contributed by atoms with Gasteiger partial charge in [0.05, 0.1) is 21.2 Å². The lowest BCUT2D eigenvalue weighted by molar-refractivity contribution is 0.476. The summed E-state index contributed by atoms with van der Waals surface area (Å²) in [6, 6.07) is 13.5. The molecule has 0 saturated heterocycles. The summed E-state index contributed by atoms with van der Waals surface area (Å²) in [7, 11) is 0. The fraction of sp³-hybridized carbons (Fsp3) is 0. The predicted molar refractivity (Wildman–Crippen MR) is 107 cm³/mol. The van der Waals surface area contributed by atoms with Crippen molar-refractivity contribution in [3.05, 3.63) is 92.7 Å². The van der Waals surface area contributed by atoms with Gasteiger partial charge in [0.15, 0.2) is 0 Å². The molecule has 7 heteroatoms. The SMILES string of the molecule is O=c1ccc2c(-c3ccc(F)cc3F)cc(O)cc2n1-c1c(Cl)cccc1Cl. The molecule has 0 spiro atoms. The highest BCUT2D eigenvalue weighted by atomic mass is 35.5. The maximum Gasteiger partial charge on any atom is 0.255 e. The van der Waals surface area contributed by atoms with Crippen molar-refractivity contribution in [3.8, 4) is 22.6 Å². The Morgan fingerprint density at radius 2 is 1.57 bits per heavy atom. The normalized spacial score (nSPS) is 11.1. The zero-order chi connectivity index (χ0) is 20.0. The highest BCUT2D eigenvalue weighted by Crippen LogP contribution is 2.36. The van der Waals surface area contributed by atoms with E-state index in [1.807, 2.05) is 0 Å². The zero-order valence-corrected chi connectivity index (χ0v) is 15.6. The minimum atomic E-state index is -0.791. The number of hydrogen-bond donors (Lipinski definition) is 1. The minimum absolute atomic E-state index is 0.0813. The Kier molecular flexibility index (Phi) is 4.57. The molecular formula is C21H11Cl2F2NO2. The van der Waals surface area contributed by atoms with E-state index in [0.29, 0.717) is 10.9 Å². The molecule has 0 unspecified atom stereocenters. The predicted octanol–water partition coefficient (Wildman–Crippen LogP) is 5.95. The number of para-hydroxylation sites is 1. The number of aromatic nitrogens is 1. The van der Waals surface area contributed by atoms with Gasteiger partial charge in [-0.25, -0.2) is 8.78 Å². The van der Waals surface area contributed by atoms with Crippen molar-refractivity contribution >= 4 is 34.1 Å². The Bertz CT molecular complexity index is 1280. The van der Waals surface area contributed by atoms with Gasteiger partial charge in [0, 0.05) is 29.1 Å². The third-order valence-electron chi connectivity index (χ3n) is 4.38. The number of fused-ring (bicyclic) bond motifs is 1. The molecular weight excluding hydrogens is 407 g/mol. The highest BCUT2D eigenvalue weighted by Gasteiger charge is 2.17. The molecule has 140 valence electrons. The monoisotopic (exact) mass is 417 g/mol. The Labute approximate surface area is 168 Å². The maximum atomic E-state index is 14.4. The van der Waals surface area contributed by atoms with Gasteiger partial charge in [0.2, 0.25) is 0 Å². The minimum Gasteiger partial charge on any atom is -0.508 e. The van der Waals surface area contributed by atoms with Crippen LogP contribution in [-0.4, -0.2) is 9.67 Å². The lowest BCUT2D eigenvalue weighted by Gasteiger charge is -2.16. The van der Waals surface area contributed by atoms with Crippen LogP contribution >= 0.6 is 23.2 Å². The first-order valence-electron chi connectivity index (χ1n) is 8.15. The van der Waals surface area contributed by atoms with Crippen LogP contribution in [0.15, 0.2) is 65.5 Å². The molecule has 3 aromatic carbocycles. The molecule has 0 aliphatic heterocycles. The van der Waals surface area contributed by atoms with Gasteiger partial charge in [-0.15, -0.1) is 0 Å². The maximum absolute atomic E-state index is 14.4. The molecule has 0 atom stereocenters. The van der Waals surface area contributed by atoms with Crippen LogP contribution in [0.4, 0.5) is 8.78 Å². The van der Waals surface area contributed by atoms with Crippen LogP contribution in [0.2, 0.25) is 10.0 Å². The molecule has 0 aliphatic carbocycles. The standard InChI is InChI=1S/C21H11Cl2F2NO2/c22-16-2-1-3-17(23)21(16)26-19-10-12(27)9-15(14(19)6-7-20(26)28)13-5-4-11(24)8-18(13)25/h1-10,27H. The number of aromatic hydroxyl groups is 1. The summed E-state index contributed by atoms with van der Waals surface area (Å²) in [4.78, 5) is 12.6. The van der Waals surface area contributed by atoms with Crippen LogP contribution in [0.25, 0.3) is 27.7 Å². The van der Waals surface area contributed by atoms with Gasteiger partial charge in [-0.1, -0.05) is 29.3 Å². The number of phenolic OH excluding ortho intramolecular Hbond substituents is 1. The Hall–Kier alpha value is -2.89. The van der Waals surface area contributed by atoms with Crippen LogP contribution in [0.1, 0.15) is 0 Å². The van der Waals surface area contributed by atoms with Crippen molar-refractivity contribution in [2.24, 2.45) is 0 Å². The molecule has 0 amide bonds. The summed E-state index contributed by atoms with van der Waals surface area (Å²) in [6.45, 7) is 0. The summed E-state index contributed by atoms with van der Waals surface area (Å²) < 4.78 is 29.0. The average Bonchev–Trinajstić information content (AvgIpc) is 2.62. The van der Waals surface area contributed by atoms with Gasteiger partial charge in [-0.05, 0) is 42.0 Å². The largest absolute Gasteiger partial charge is 0.508 e. The molecule has 0 fully saturated rings. The number of phenols is 1. The zero-order valence-electron chi connectivity index (χ0n) is 14.1. The van der Waals surface area contributed by atoms with Gasteiger partial charge < -0.3 is 5.11 Å². The van der Waals surface area contributed by atoms with Crippen molar-refractivity contribution in [1.29, 1.82) is 0 Å². The van der Waals surface area contributed by atoms with Crippen LogP contribution in [0.5, 0.6) is 5.75 Å². The van der Waals surface area contributed by atoms with Gasteiger partial charge >= 0.3 is 0 Å². The molecule has 4 rings (SSSR count). The fourth-order valence-electron chi connectivity index (χ4n) is 3.20. The van der Waals surface area contributed by atoms with Gasteiger partial charge in [-0.2, -0.15) is 0 Å². The van der Waals surface area contributed by atoms with Crippen molar-refractivity contribution < 1.29 is 13.9 Å². The summed E-state index contributed by atoms with van der Waals surface area (Å²) in [6.07, 6.45) is 0. The molecule has 0 saturated carbocycles. The first-order valence-corrected chi connectivity index (χ1v) is 8.91. The van der Waals surface area contributed by atoms with Gasteiger partial charge in [0.1, 0.15) is 17.4 Å². The topological polar surface area (TPSA) is 42.2 Å². The Balaban J connectivity index is 2.14. The third-order valence-corrected chi connectivity index (χ3v) is 4.99. The lowest BCUT2D eigenvalue weighted by Crippen LogP contribution is -2.18. The molecule has 0 aliphatic rings. The molecule has 1 heterocycles. The van der Waals surface area contributed by atoms with E-state index in [1.165, 1.54) is 34.9 Å². The molecule has 4 aromatic rings. The summed E-state index contributed by atoms with van der Waals surface area (Å²) >= 11 is 12.5. The quantitative estimate of drug-likeness (QED) is 0.437. The van der Waals surface area contributed by atoms with E-state index in [4.69, 9.17) is 23.2 Å². The van der Waals surface area contributed by atoms with Gasteiger partial charge in [0.25, 0.3) is 5.56 Å². The molecule has 1 N–H and O–H groups in total. The second-order valence-electron chi connectivity index (χ2n) is 6.13. The average molecular weight is 418 g/mol. The van der Waals surface area contributed by atoms with Crippen LogP contribution < -0.4 is 5.56 Å². The lowest BCUT2D eigenvalue weighted by atomic mass is 9.99. The van der Waals surface area contributed by atoms with Crippen molar-refractivity contribution in [2.45, 2.75) is 0 Å². The molecule has 0 radical (unpaired) electrons. The first kappa shape index (κ1) is 18.5. The number of hydrogen-bond acceptors (Lipinski definition) is 2. The van der Waals surface area contributed by atoms with Gasteiger partial charge in [-0.3, -0.25) is 9.36 Å². The number of benzene rings is 3. The van der Waals surface area contributed by atoms with Crippen molar-refractivity contribution in [2.75, 3.05) is 0 Å². The number of halogens is 4. The van der Waals surface area contributed by atoms with E-state index in [-0.39, 0.29) is 32.6 Å². The number of nitrogens with zero attached hydrogens (tertiary/aromatic N) is 1. The van der Waals surface area contributed by atoms with E-state index in [0.717, 1.165) is 12.1 Å². The fourth-order valence-corrected chi connectivity index (χ4v) is 3.76. The smallest absolute Gasteiger partial charge is 0.255 e. The van der Waals surface area contributed by atoms with E-state index in [2.05, 4.69) is 0 Å². The number of rotatable bonds is 2. The van der Waals surface area contributed by atoms with Crippen LogP contribution in [0.3, 0.4) is 0 Å². The molecule has 28 heavy (non-hydrogen) atoms. The van der Waals surface area contributed by atoms with Crippen molar-refractivity contribution in [3.63, 3.8) is 0 Å². The van der Waals surface area contributed by atoms with E-state index in [1.54, 1.807) is 18.2 Å². The van der Waals surface area contributed by atoms with E-state index < -0.39 is 17.2 Å². The number of pyridine rings is 1. The second-order valence-corrected chi connectivity index (χ2v) is 6.94. The first-order chi connectivity index (χ1) is 13.4. The Morgan fingerprint density at radius 1 is 0.857 bits per heavy atom. The second kappa shape index (κ2) is 6.93. The summed E-state index contributed by atoms with van der Waals surface area (Å²) in [5, 5.41) is 11.2. The molecule has 3 nitrogen and oxygen atoms in total. The molecule has 0 bridgehead atoms. The van der Waals surface area contributed by atoms with Crippen LogP contribution in [0, 0.1) is 11.6 Å². The van der Waals surface area contributed by atoms with Crippen molar-refractivity contribution in [1.82, 2.24) is 4.57 Å². The van der Waals surface area contributed by atoms with E-state index in [9.17, 15) is 18.7 Å². The molecule has 1 aromatic heterocycles. The Morgan fingerprint density at radius 3 is 2.25 bits per heavy atom. The summed E-state index contributed by atoms with van der Waals surface area (Å²) in [5.41, 5.74) is 0.472. The highest BCUT2D eigenvalue weighted by molar-refractivity contribution is 6.37. The van der Waals surface area contributed by atoms with E-state index >= 15 is 0 Å². The summed E-state index contributed by atoms with van der Waals surface area (Å²) in [5.74, 6) is -1.71. The van der Waals surface area contributed by atoms with Crippen LogP contribution in [-0.2, 0) is 0 Å².